The van der Waals surface area contributed by atoms with E-state index >= 15 is 0 Å². The molecule has 0 spiro atoms. The van der Waals surface area contributed by atoms with E-state index in [1.807, 2.05) is 0 Å². The number of hydrogen-bond donors (Lipinski definition) is 0. The third-order valence-electron chi connectivity index (χ3n) is 5.54. The largest absolute Gasteiger partial charge is 0.289 e. The zero-order valence-electron chi connectivity index (χ0n) is 13.8. The lowest BCUT2D eigenvalue weighted by atomic mass is 9.87. The second-order valence-electron chi connectivity index (χ2n) is 6.98. The minimum atomic E-state index is 0.311. The molecular formula is C21H27N. The van der Waals surface area contributed by atoms with Gasteiger partial charge in [0, 0.05) is 18.6 Å². The van der Waals surface area contributed by atoms with Crippen LogP contribution >= 0.6 is 0 Å². The van der Waals surface area contributed by atoms with Gasteiger partial charge in [0.1, 0.15) is 0 Å². The maximum atomic E-state index is 2.70. The van der Waals surface area contributed by atoms with Crippen molar-refractivity contribution >= 4 is 0 Å². The lowest BCUT2D eigenvalue weighted by molar-refractivity contribution is 0.0570. The molecule has 0 aromatic heterocycles. The Morgan fingerprint density at radius 3 is 1.82 bits per heavy atom. The highest BCUT2D eigenvalue weighted by molar-refractivity contribution is 5.18. The highest BCUT2D eigenvalue weighted by Crippen LogP contribution is 2.41. The molecule has 22 heavy (non-hydrogen) atoms. The van der Waals surface area contributed by atoms with Crippen molar-refractivity contribution in [2.45, 2.75) is 51.7 Å². The van der Waals surface area contributed by atoms with Crippen LogP contribution in [0.3, 0.4) is 0 Å². The second kappa shape index (κ2) is 6.66. The highest BCUT2D eigenvalue weighted by Gasteiger charge is 2.40. The lowest BCUT2D eigenvalue weighted by Gasteiger charge is -2.42. The Bertz CT molecular complexity index is 536. The van der Waals surface area contributed by atoms with Gasteiger partial charge in [-0.2, -0.15) is 0 Å². The molecule has 3 rings (SSSR count). The molecule has 0 radical (unpaired) electrons. The summed E-state index contributed by atoms with van der Waals surface area (Å²) < 4.78 is 0. The second-order valence-corrected chi connectivity index (χ2v) is 6.98. The van der Waals surface area contributed by atoms with Crippen LogP contribution in [0, 0.1) is 5.92 Å². The topological polar surface area (TPSA) is 3.24 Å². The molecule has 1 heteroatoms. The van der Waals surface area contributed by atoms with Crippen LogP contribution in [0.4, 0.5) is 0 Å². The average Bonchev–Trinajstić information content (AvgIpc) is 2.89. The molecule has 0 N–H and O–H groups in total. The van der Waals surface area contributed by atoms with Crippen molar-refractivity contribution in [1.82, 2.24) is 4.90 Å². The normalized spacial score (nSPS) is 24.8. The third kappa shape index (κ3) is 3.25. The minimum absolute atomic E-state index is 0.311. The summed E-state index contributed by atoms with van der Waals surface area (Å²) in [5, 5.41) is 0. The summed E-state index contributed by atoms with van der Waals surface area (Å²) in [6.45, 7) is 6.97. The first-order valence-corrected chi connectivity index (χ1v) is 8.51. The van der Waals surface area contributed by atoms with Crippen LogP contribution in [0.5, 0.6) is 0 Å². The molecule has 1 unspecified atom stereocenters. The summed E-state index contributed by atoms with van der Waals surface area (Å²) >= 11 is 0. The van der Waals surface area contributed by atoms with Gasteiger partial charge in [-0.25, -0.2) is 0 Å². The molecule has 0 saturated heterocycles. The van der Waals surface area contributed by atoms with Gasteiger partial charge in [-0.1, -0.05) is 74.0 Å². The first kappa shape index (κ1) is 15.3. The van der Waals surface area contributed by atoms with E-state index in [1.165, 1.54) is 30.4 Å². The summed E-state index contributed by atoms with van der Waals surface area (Å²) in [5.74, 6) is 0.764. The summed E-state index contributed by atoms with van der Waals surface area (Å²) in [5.41, 5.74) is 3.14. The number of nitrogens with zero attached hydrogens (tertiary/aromatic N) is 1. The van der Waals surface area contributed by atoms with Gasteiger partial charge in [0.2, 0.25) is 0 Å². The predicted molar refractivity (Wildman–Crippen MR) is 93.6 cm³/mol. The maximum absolute atomic E-state index is 2.70. The summed E-state index contributed by atoms with van der Waals surface area (Å²) in [7, 11) is 0. The first-order valence-electron chi connectivity index (χ1n) is 8.51. The standard InChI is InChI=1S/C21H27N/c1-18-10-9-15-21(18,2)22(16-19-11-5-3-6-12-19)17-20-13-7-4-8-14-20/h3-8,11-14,18H,9-10,15-17H2,1-2H3/t18?,21-/m1/s1. The highest BCUT2D eigenvalue weighted by atomic mass is 15.2. The molecule has 1 saturated carbocycles. The molecule has 0 heterocycles. The van der Waals surface area contributed by atoms with Crippen LogP contribution in [-0.4, -0.2) is 10.4 Å². The smallest absolute Gasteiger partial charge is 0.0242 e. The molecule has 2 aromatic rings. The van der Waals surface area contributed by atoms with E-state index in [9.17, 15) is 0 Å². The van der Waals surface area contributed by atoms with E-state index in [0.29, 0.717) is 5.54 Å². The molecule has 1 aliphatic rings. The van der Waals surface area contributed by atoms with Crippen LogP contribution in [0.25, 0.3) is 0 Å². The third-order valence-corrected chi connectivity index (χ3v) is 5.54. The zero-order chi connectivity index (χ0) is 15.4. The fourth-order valence-electron chi connectivity index (χ4n) is 3.82. The molecule has 1 nitrogen and oxygen atoms in total. The first-order chi connectivity index (χ1) is 10.7. The Morgan fingerprint density at radius 1 is 0.909 bits per heavy atom. The Balaban J connectivity index is 1.85. The molecular weight excluding hydrogens is 266 g/mol. The minimum Gasteiger partial charge on any atom is -0.289 e. The van der Waals surface area contributed by atoms with Crippen molar-refractivity contribution < 1.29 is 0 Å². The average molecular weight is 293 g/mol. The van der Waals surface area contributed by atoms with E-state index in [4.69, 9.17) is 0 Å². The molecule has 0 amide bonds. The predicted octanol–water partition coefficient (Wildman–Crippen LogP) is 5.27. The van der Waals surface area contributed by atoms with Gasteiger partial charge >= 0.3 is 0 Å². The van der Waals surface area contributed by atoms with Crippen molar-refractivity contribution in [2.75, 3.05) is 0 Å². The summed E-state index contributed by atoms with van der Waals surface area (Å²) in [6.07, 6.45) is 4.03. The van der Waals surface area contributed by atoms with Gasteiger partial charge in [0.25, 0.3) is 0 Å². The maximum Gasteiger partial charge on any atom is 0.0242 e. The van der Waals surface area contributed by atoms with Gasteiger partial charge in [0.15, 0.2) is 0 Å². The zero-order valence-corrected chi connectivity index (χ0v) is 13.8. The van der Waals surface area contributed by atoms with Gasteiger partial charge in [-0.05, 0) is 36.8 Å². The molecule has 1 fully saturated rings. The van der Waals surface area contributed by atoms with E-state index in [-0.39, 0.29) is 0 Å². The number of benzene rings is 2. The van der Waals surface area contributed by atoms with Crippen LogP contribution in [-0.2, 0) is 13.1 Å². The lowest BCUT2D eigenvalue weighted by Crippen LogP contribution is -2.47. The van der Waals surface area contributed by atoms with Gasteiger partial charge in [0.05, 0.1) is 0 Å². The van der Waals surface area contributed by atoms with Crippen molar-refractivity contribution in [2.24, 2.45) is 5.92 Å². The van der Waals surface area contributed by atoms with Crippen molar-refractivity contribution in [1.29, 1.82) is 0 Å². The van der Waals surface area contributed by atoms with Crippen LogP contribution in [0.1, 0.15) is 44.2 Å². The van der Waals surface area contributed by atoms with Crippen LogP contribution in [0.2, 0.25) is 0 Å². The van der Waals surface area contributed by atoms with Crippen LogP contribution in [0.15, 0.2) is 60.7 Å². The van der Waals surface area contributed by atoms with Crippen molar-refractivity contribution in [3.05, 3.63) is 71.8 Å². The van der Waals surface area contributed by atoms with Gasteiger partial charge in [-0.15, -0.1) is 0 Å². The van der Waals surface area contributed by atoms with E-state index < -0.39 is 0 Å². The SMILES string of the molecule is CC1CCC[C@@]1(C)N(Cc1ccccc1)Cc1ccccc1. The number of hydrogen-bond acceptors (Lipinski definition) is 1. The van der Waals surface area contributed by atoms with Crippen molar-refractivity contribution in [3.8, 4) is 0 Å². The van der Waals surface area contributed by atoms with E-state index in [1.54, 1.807) is 0 Å². The fourth-order valence-corrected chi connectivity index (χ4v) is 3.82. The molecule has 116 valence electrons. The van der Waals surface area contributed by atoms with Gasteiger partial charge < -0.3 is 0 Å². The monoisotopic (exact) mass is 293 g/mol. The Hall–Kier alpha value is -1.60. The Kier molecular flexibility index (Phi) is 4.63. The van der Waals surface area contributed by atoms with Gasteiger partial charge in [-0.3, -0.25) is 4.90 Å². The molecule has 1 aliphatic carbocycles. The van der Waals surface area contributed by atoms with Crippen molar-refractivity contribution in [3.63, 3.8) is 0 Å². The van der Waals surface area contributed by atoms with Crippen LogP contribution < -0.4 is 0 Å². The molecule has 2 aromatic carbocycles. The quantitative estimate of drug-likeness (QED) is 0.726. The Labute approximate surface area is 135 Å². The molecule has 0 aliphatic heterocycles. The number of rotatable bonds is 5. The molecule has 0 bridgehead atoms. The summed E-state index contributed by atoms with van der Waals surface area (Å²) in [4.78, 5) is 2.70. The molecule has 2 atom stereocenters. The Morgan fingerprint density at radius 2 is 1.41 bits per heavy atom. The van der Waals surface area contributed by atoms with E-state index in [2.05, 4.69) is 79.4 Å². The van der Waals surface area contributed by atoms with E-state index in [0.717, 1.165) is 19.0 Å². The fraction of sp³-hybridized carbons (Fsp3) is 0.429. The summed E-state index contributed by atoms with van der Waals surface area (Å²) in [6, 6.07) is 21.8.